The summed E-state index contributed by atoms with van der Waals surface area (Å²) in [6.07, 6.45) is 5.25. The highest BCUT2D eigenvalue weighted by molar-refractivity contribution is 5.77. The van der Waals surface area contributed by atoms with E-state index < -0.39 is 0 Å². The Bertz CT molecular complexity index is 312. The molecule has 2 aliphatic heterocycles. The average Bonchev–Trinajstić information content (AvgIpc) is 2.80. The van der Waals surface area contributed by atoms with E-state index in [2.05, 4.69) is 19.2 Å². The van der Waals surface area contributed by atoms with E-state index in [1.54, 1.807) is 0 Å². The second-order valence-corrected chi connectivity index (χ2v) is 6.88. The van der Waals surface area contributed by atoms with Gasteiger partial charge in [-0.3, -0.25) is 4.79 Å². The number of rotatable bonds is 4. The predicted molar refractivity (Wildman–Crippen MR) is 74.2 cm³/mol. The number of quaternary nitrogens is 1. The Hall–Kier alpha value is -0.570. The van der Waals surface area contributed by atoms with E-state index in [1.165, 1.54) is 43.3 Å². The molecule has 2 fully saturated rings. The van der Waals surface area contributed by atoms with Gasteiger partial charge >= 0.3 is 0 Å². The summed E-state index contributed by atoms with van der Waals surface area (Å²) in [5.74, 6) is 0.315. The van der Waals surface area contributed by atoms with Gasteiger partial charge in [0.05, 0.1) is 25.7 Å². The highest BCUT2D eigenvalue weighted by Gasteiger charge is 2.59. The summed E-state index contributed by atoms with van der Waals surface area (Å²) in [4.78, 5) is 11.8. The van der Waals surface area contributed by atoms with E-state index in [9.17, 15) is 4.79 Å². The molecule has 2 saturated heterocycles. The van der Waals surface area contributed by atoms with Crippen molar-refractivity contribution in [3.63, 3.8) is 0 Å². The Balaban J connectivity index is 2.11. The molecule has 0 aliphatic carbocycles. The third-order valence-corrected chi connectivity index (χ3v) is 5.45. The third kappa shape index (κ3) is 1.97. The van der Waals surface area contributed by atoms with Crippen LogP contribution in [-0.4, -0.2) is 41.6 Å². The molecule has 0 unspecified atom stereocenters. The molecule has 1 N–H and O–H groups in total. The van der Waals surface area contributed by atoms with Gasteiger partial charge in [0.2, 0.25) is 5.91 Å². The fourth-order valence-electron chi connectivity index (χ4n) is 4.39. The number of hydrogen-bond acceptors (Lipinski definition) is 1. The molecule has 18 heavy (non-hydrogen) atoms. The van der Waals surface area contributed by atoms with Crippen molar-refractivity contribution in [1.82, 2.24) is 5.32 Å². The molecular formula is C15H29N2O+. The summed E-state index contributed by atoms with van der Waals surface area (Å²) in [5, 5.41) is 3.21. The largest absolute Gasteiger partial charge is 0.350 e. The summed E-state index contributed by atoms with van der Waals surface area (Å²) in [5.41, 5.74) is 0.346. The minimum absolute atomic E-state index is 0.102. The highest BCUT2D eigenvalue weighted by atomic mass is 16.1. The molecule has 104 valence electrons. The van der Waals surface area contributed by atoms with Gasteiger partial charge in [0.1, 0.15) is 5.54 Å². The maximum absolute atomic E-state index is 11.8. The van der Waals surface area contributed by atoms with Gasteiger partial charge in [-0.2, -0.15) is 0 Å². The van der Waals surface area contributed by atoms with Crippen molar-refractivity contribution in [2.75, 3.05) is 19.6 Å². The second kappa shape index (κ2) is 4.84. The smallest absolute Gasteiger partial charge is 0.222 e. The second-order valence-electron chi connectivity index (χ2n) is 6.88. The van der Waals surface area contributed by atoms with Crippen molar-refractivity contribution in [3.05, 3.63) is 0 Å². The van der Waals surface area contributed by atoms with Gasteiger partial charge in [0.25, 0.3) is 0 Å². The zero-order chi connectivity index (χ0) is 13.4. The molecule has 0 atom stereocenters. The molecule has 0 saturated carbocycles. The fraction of sp³-hybridized carbons (Fsp3) is 0.933. The van der Waals surface area contributed by atoms with Crippen LogP contribution in [-0.2, 0) is 4.79 Å². The Morgan fingerprint density at radius 3 is 2.17 bits per heavy atom. The van der Waals surface area contributed by atoms with E-state index >= 15 is 0 Å². The van der Waals surface area contributed by atoms with Gasteiger partial charge in [-0.1, -0.05) is 13.8 Å². The monoisotopic (exact) mass is 253 g/mol. The lowest BCUT2D eigenvalue weighted by Gasteiger charge is -2.47. The molecular weight excluding hydrogens is 224 g/mol. The van der Waals surface area contributed by atoms with Gasteiger partial charge in [-0.05, 0) is 13.8 Å². The molecule has 2 heterocycles. The molecule has 0 radical (unpaired) electrons. The van der Waals surface area contributed by atoms with Gasteiger partial charge in [0, 0.05) is 31.6 Å². The zero-order valence-electron chi connectivity index (χ0n) is 12.5. The Kier molecular flexibility index (Phi) is 3.72. The van der Waals surface area contributed by atoms with Crippen LogP contribution in [0.25, 0.3) is 0 Å². The molecule has 2 aliphatic rings. The first-order valence-electron chi connectivity index (χ1n) is 7.58. The van der Waals surface area contributed by atoms with E-state index in [1.807, 2.05) is 13.8 Å². The first kappa shape index (κ1) is 13.9. The Morgan fingerprint density at radius 2 is 1.72 bits per heavy atom. The lowest BCUT2D eigenvalue weighted by molar-refractivity contribution is -0.969. The van der Waals surface area contributed by atoms with Crippen LogP contribution in [0.2, 0.25) is 0 Å². The summed E-state index contributed by atoms with van der Waals surface area (Å²) >= 11 is 0. The molecule has 3 heteroatoms. The average molecular weight is 253 g/mol. The molecule has 1 amide bonds. The maximum Gasteiger partial charge on any atom is 0.222 e. The summed E-state index contributed by atoms with van der Waals surface area (Å²) in [6, 6.07) is 0.686. The number of carbonyl (C=O) groups excluding carboxylic acids is 1. The molecule has 0 bridgehead atoms. The number of carbonyl (C=O) groups is 1. The highest BCUT2D eigenvalue weighted by Crippen LogP contribution is 2.47. The van der Waals surface area contributed by atoms with Crippen LogP contribution in [0.5, 0.6) is 0 Å². The van der Waals surface area contributed by atoms with Crippen LogP contribution in [0.1, 0.15) is 53.4 Å². The van der Waals surface area contributed by atoms with Crippen LogP contribution in [0, 0.1) is 5.92 Å². The van der Waals surface area contributed by atoms with Crippen LogP contribution in [0.15, 0.2) is 0 Å². The van der Waals surface area contributed by atoms with Crippen LogP contribution >= 0.6 is 0 Å². The number of nitrogens with one attached hydrogen (secondary N) is 1. The van der Waals surface area contributed by atoms with E-state index in [0.717, 1.165) is 6.54 Å². The van der Waals surface area contributed by atoms with Gasteiger partial charge in [-0.15, -0.1) is 0 Å². The molecule has 3 nitrogen and oxygen atoms in total. The number of hydrogen-bond donors (Lipinski definition) is 1. The fourth-order valence-corrected chi connectivity index (χ4v) is 4.39. The molecule has 0 aromatic heterocycles. The van der Waals surface area contributed by atoms with E-state index in [0.29, 0.717) is 11.6 Å². The Labute approximate surface area is 112 Å². The molecule has 0 aromatic rings. The minimum atomic E-state index is 0.102. The van der Waals surface area contributed by atoms with E-state index in [4.69, 9.17) is 0 Å². The van der Waals surface area contributed by atoms with Crippen molar-refractivity contribution in [2.45, 2.75) is 65.0 Å². The summed E-state index contributed by atoms with van der Waals surface area (Å²) in [7, 11) is 0. The van der Waals surface area contributed by atoms with Crippen molar-refractivity contribution >= 4 is 5.91 Å². The van der Waals surface area contributed by atoms with Crippen molar-refractivity contribution < 1.29 is 9.28 Å². The predicted octanol–water partition coefficient (Wildman–Crippen LogP) is 2.31. The lowest BCUT2D eigenvalue weighted by atomic mass is 9.91. The third-order valence-electron chi connectivity index (χ3n) is 5.45. The van der Waals surface area contributed by atoms with Crippen LogP contribution < -0.4 is 5.32 Å². The minimum Gasteiger partial charge on any atom is -0.350 e. The SMILES string of the molecule is CC(C)C(=O)NCC12CCC[N+]1(C(C)C)CCC2. The Morgan fingerprint density at radius 1 is 1.17 bits per heavy atom. The standard InChI is InChI=1S/C15H28N2O/c1-12(2)14(18)16-11-15-7-5-9-17(15,13(3)4)10-6-8-15/h12-13H,5-11H2,1-4H3/p+1. The first-order chi connectivity index (χ1) is 8.43. The number of nitrogens with zero attached hydrogens (tertiary/aromatic N) is 1. The number of amides is 1. The normalized spacial score (nSPS) is 35.2. The molecule has 0 spiro atoms. The van der Waals surface area contributed by atoms with E-state index in [-0.39, 0.29) is 11.8 Å². The molecule has 0 aromatic carbocycles. The van der Waals surface area contributed by atoms with Crippen molar-refractivity contribution in [1.29, 1.82) is 0 Å². The lowest BCUT2D eigenvalue weighted by Crippen LogP contribution is -2.64. The van der Waals surface area contributed by atoms with Gasteiger partial charge in [-0.25, -0.2) is 0 Å². The van der Waals surface area contributed by atoms with Crippen molar-refractivity contribution in [3.8, 4) is 0 Å². The van der Waals surface area contributed by atoms with Crippen LogP contribution in [0.4, 0.5) is 0 Å². The van der Waals surface area contributed by atoms with Gasteiger partial charge < -0.3 is 9.80 Å². The maximum atomic E-state index is 11.8. The van der Waals surface area contributed by atoms with Gasteiger partial charge in [0.15, 0.2) is 0 Å². The topological polar surface area (TPSA) is 29.1 Å². The summed E-state index contributed by atoms with van der Waals surface area (Å²) < 4.78 is 1.26. The molecule has 2 rings (SSSR count). The quantitative estimate of drug-likeness (QED) is 0.765. The van der Waals surface area contributed by atoms with Crippen LogP contribution in [0.3, 0.4) is 0 Å². The first-order valence-corrected chi connectivity index (χ1v) is 7.58. The summed E-state index contributed by atoms with van der Waals surface area (Å²) in [6.45, 7) is 12.2. The van der Waals surface area contributed by atoms with Crippen molar-refractivity contribution in [2.24, 2.45) is 5.92 Å². The zero-order valence-corrected chi connectivity index (χ0v) is 12.5. The number of fused-ring (bicyclic) bond motifs is 1.